The van der Waals surface area contributed by atoms with Gasteiger partial charge in [-0.25, -0.2) is 0 Å². The van der Waals surface area contributed by atoms with Gasteiger partial charge in [0, 0.05) is 44.0 Å². The Balaban J connectivity index is 1.33. The summed E-state index contributed by atoms with van der Waals surface area (Å²) in [5.41, 5.74) is 1.20. The first-order valence-electron chi connectivity index (χ1n) is 12.4. The quantitative estimate of drug-likeness (QED) is 0.576. The number of piperazine rings is 1. The van der Waals surface area contributed by atoms with E-state index in [4.69, 9.17) is 4.74 Å². The van der Waals surface area contributed by atoms with E-state index in [1.807, 2.05) is 38.1 Å². The molecule has 3 aliphatic heterocycles. The fraction of sp³-hybridized carbons (Fsp3) is 0.654. The summed E-state index contributed by atoms with van der Waals surface area (Å²) in [7, 11) is 2.13. The number of benzene rings is 1. The molecule has 1 aromatic carbocycles. The van der Waals surface area contributed by atoms with Gasteiger partial charge < -0.3 is 24.6 Å². The van der Waals surface area contributed by atoms with Gasteiger partial charge in [0.15, 0.2) is 5.78 Å². The van der Waals surface area contributed by atoms with Crippen LogP contribution in [0.5, 0.6) is 0 Å². The normalized spacial score (nSPS) is 27.0. The molecule has 34 heavy (non-hydrogen) atoms. The summed E-state index contributed by atoms with van der Waals surface area (Å²) in [5, 5.41) is 2.93. The number of nitrogens with one attached hydrogen (secondary N) is 1. The first-order chi connectivity index (χ1) is 16.2. The zero-order valence-electron chi connectivity index (χ0n) is 20.8. The molecule has 186 valence electrons. The van der Waals surface area contributed by atoms with Gasteiger partial charge in [0.05, 0.1) is 18.2 Å². The molecule has 0 spiro atoms. The van der Waals surface area contributed by atoms with Crippen LogP contribution in [0.4, 0.5) is 5.69 Å². The zero-order valence-corrected chi connectivity index (χ0v) is 20.8. The average molecular weight is 471 g/mol. The van der Waals surface area contributed by atoms with Gasteiger partial charge in [0.25, 0.3) is 5.91 Å². The number of aldehydes is 1. The van der Waals surface area contributed by atoms with Crippen molar-refractivity contribution in [3.05, 3.63) is 29.8 Å². The molecule has 3 saturated heterocycles. The number of ether oxygens (including phenoxy) is 1. The summed E-state index contributed by atoms with van der Waals surface area (Å²) >= 11 is 0. The first kappa shape index (κ1) is 24.8. The van der Waals surface area contributed by atoms with Crippen molar-refractivity contribution < 1.29 is 19.1 Å². The highest BCUT2D eigenvalue weighted by atomic mass is 16.5. The molecule has 3 aliphatic rings. The Bertz CT molecular complexity index is 895. The lowest BCUT2D eigenvalue weighted by molar-refractivity contribution is -0.121. The van der Waals surface area contributed by atoms with Crippen molar-refractivity contribution in [1.29, 1.82) is 0 Å². The molecule has 0 bridgehead atoms. The Labute approximate surface area is 202 Å². The Morgan fingerprint density at radius 3 is 2.53 bits per heavy atom. The molecule has 0 saturated carbocycles. The van der Waals surface area contributed by atoms with Gasteiger partial charge in [-0.2, -0.15) is 0 Å². The molecule has 0 aromatic heterocycles. The molecule has 3 heterocycles. The van der Waals surface area contributed by atoms with Gasteiger partial charge in [-0.15, -0.1) is 0 Å². The van der Waals surface area contributed by atoms with Gasteiger partial charge in [-0.1, -0.05) is 20.8 Å². The average Bonchev–Trinajstić information content (AvgIpc) is 3.36. The van der Waals surface area contributed by atoms with Crippen molar-refractivity contribution in [1.82, 2.24) is 15.1 Å². The Hall–Kier alpha value is -2.29. The summed E-state index contributed by atoms with van der Waals surface area (Å²) in [5.74, 6) is 0.215. The molecule has 1 aromatic rings. The monoisotopic (exact) mass is 470 g/mol. The minimum Gasteiger partial charge on any atom is -0.369 e. The zero-order chi connectivity index (χ0) is 24.5. The van der Waals surface area contributed by atoms with Crippen LogP contribution in [0.15, 0.2) is 24.3 Å². The third-order valence-electron chi connectivity index (χ3n) is 7.84. The molecule has 4 atom stereocenters. The number of likely N-dealkylation sites (tertiary alicyclic amines) is 1. The third kappa shape index (κ3) is 5.19. The molecule has 0 radical (unpaired) electrons. The third-order valence-corrected chi connectivity index (χ3v) is 7.84. The standard InChI is InChI=1S/C26H38N4O4/c1-18-15-30(23-21(32)17-34-24(18)23)10-9-26(2,3)22(16-31)27-25(33)19-5-7-20(8-6-19)29-13-11-28(4)12-14-29/h5-8,16,18,22-24H,9-15,17H2,1-4H3,(H,27,33)/t18-,22+,23+,24+/m0/s1. The van der Waals surface area contributed by atoms with Crippen LogP contribution in [0, 0.1) is 11.3 Å². The van der Waals surface area contributed by atoms with Crippen molar-refractivity contribution in [3.63, 3.8) is 0 Å². The maximum atomic E-state index is 12.9. The molecule has 3 fully saturated rings. The van der Waals surface area contributed by atoms with Crippen LogP contribution < -0.4 is 10.2 Å². The number of carbonyl (C=O) groups is 3. The molecule has 0 unspecified atom stereocenters. The first-order valence-corrected chi connectivity index (χ1v) is 12.4. The van der Waals surface area contributed by atoms with Gasteiger partial charge in [0.2, 0.25) is 0 Å². The number of carbonyl (C=O) groups excluding carboxylic acids is 3. The Kier molecular flexibility index (Phi) is 7.40. The topological polar surface area (TPSA) is 82.2 Å². The van der Waals surface area contributed by atoms with Crippen molar-refractivity contribution in [2.45, 2.75) is 45.4 Å². The summed E-state index contributed by atoms with van der Waals surface area (Å²) in [6.45, 7) is 11.8. The Morgan fingerprint density at radius 2 is 1.88 bits per heavy atom. The lowest BCUT2D eigenvalue weighted by Gasteiger charge is -2.34. The molecule has 8 nitrogen and oxygen atoms in total. The summed E-state index contributed by atoms with van der Waals surface area (Å²) in [6, 6.07) is 6.82. The van der Waals surface area contributed by atoms with Gasteiger partial charge in [-0.05, 0) is 55.6 Å². The highest BCUT2D eigenvalue weighted by molar-refractivity contribution is 5.96. The second-order valence-corrected chi connectivity index (χ2v) is 10.8. The number of anilines is 1. The number of ketones is 1. The fourth-order valence-electron chi connectivity index (χ4n) is 5.36. The number of Topliss-reactive ketones (excluding diaryl/α,β-unsaturated/α-hetero) is 1. The fourth-order valence-corrected chi connectivity index (χ4v) is 5.36. The van der Waals surface area contributed by atoms with Gasteiger partial charge >= 0.3 is 0 Å². The van der Waals surface area contributed by atoms with E-state index >= 15 is 0 Å². The summed E-state index contributed by atoms with van der Waals surface area (Å²) < 4.78 is 5.68. The lowest BCUT2D eigenvalue weighted by atomic mass is 9.81. The predicted molar refractivity (Wildman–Crippen MR) is 131 cm³/mol. The van der Waals surface area contributed by atoms with Crippen LogP contribution in [0.25, 0.3) is 0 Å². The lowest BCUT2D eigenvalue weighted by Crippen LogP contribution is -2.48. The van der Waals surface area contributed by atoms with Crippen LogP contribution in [0.1, 0.15) is 37.6 Å². The van der Waals surface area contributed by atoms with Crippen LogP contribution in [-0.4, -0.2) is 98.9 Å². The molecule has 8 heteroatoms. The van der Waals surface area contributed by atoms with Crippen molar-refractivity contribution in [3.8, 4) is 0 Å². The SMILES string of the molecule is C[C@H]1CN(CCC(C)(C)[C@@H](C=O)NC(=O)c2ccc(N3CCN(C)CC3)cc2)[C@@H]2C(=O)CO[C@@H]21. The number of nitrogens with zero attached hydrogens (tertiary/aromatic N) is 3. The minimum atomic E-state index is -0.622. The highest BCUT2D eigenvalue weighted by Gasteiger charge is 2.48. The maximum absolute atomic E-state index is 12.9. The van der Waals surface area contributed by atoms with Crippen LogP contribution in [0.3, 0.4) is 0 Å². The van der Waals surface area contributed by atoms with Crippen molar-refractivity contribution >= 4 is 23.7 Å². The van der Waals surface area contributed by atoms with E-state index in [2.05, 4.69) is 34.0 Å². The Morgan fingerprint density at radius 1 is 1.21 bits per heavy atom. The van der Waals surface area contributed by atoms with Crippen LogP contribution in [-0.2, 0) is 14.3 Å². The molecular weight excluding hydrogens is 432 g/mol. The number of fused-ring (bicyclic) bond motifs is 1. The van der Waals surface area contributed by atoms with Crippen molar-refractivity contribution in [2.75, 3.05) is 57.8 Å². The summed E-state index contributed by atoms with van der Waals surface area (Å²) in [4.78, 5) is 44.0. The second-order valence-electron chi connectivity index (χ2n) is 10.8. The van der Waals surface area contributed by atoms with E-state index in [-0.39, 0.29) is 30.4 Å². The van der Waals surface area contributed by atoms with E-state index in [1.54, 1.807) is 0 Å². The smallest absolute Gasteiger partial charge is 0.251 e. The number of hydrogen-bond donors (Lipinski definition) is 1. The second kappa shape index (κ2) is 10.1. The summed E-state index contributed by atoms with van der Waals surface area (Å²) in [6.07, 6.45) is 1.49. The van der Waals surface area contributed by atoms with E-state index in [0.717, 1.165) is 44.7 Å². The molecule has 1 N–H and O–H groups in total. The van der Waals surface area contributed by atoms with Crippen LogP contribution in [0.2, 0.25) is 0 Å². The molecule has 0 aliphatic carbocycles. The number of likely N-dealkylation sites (N-methyl/N-ethyl adjacent to an activating group) is 1. The number of amides is 1. The molecule has 1 amide bonds. The minimum absolute atomic E-state index is 0.0222. The van der Waals surface area contributed by atoms with Crippen molar-refractivity contribution in [2.24, 2.45) is 11.3 Å². The van der Waals surface area contributed by atoms with E-state index in [9.17, 15) is 14.4 Å². The molecule has 4 rings (SSSR count). The van der Waals surface area contributed by atoms with Crippen LogP contribution >= 0.6 is 0 Å². The van der Waals surface area contributed by atoms with Gasteiger partial charge in [-0.3, -0.25) is 14.5 Å². The largest absolute Gasteiger partial charge is 0.369 e. The van der Waals surface area contributed by atoms with E-state index in [1.165, 1.54) is 0 Å². The maximum Gasteiger partial charge on any atom is 0.251 e. The molecular formula is C26H38N4O4. The highest BCUT2D eigenvalue weighted by Crippen LogP contribution is 2.33. The van der Waals surface area contributed by atoms with Gasteiger partial charge in [0.1, 0.15) is 12.9 Å². The van der Waals surface area contributed by atoms with E-state index in [0.29, 0.717) is 24.4 Å². The van der Waals surface area contributed by atoms with E-state index < -0.39 is 11.5 Å². The number of hydrogen-bond acceptors (Lipinski definition) is 7. The number of rotatable bonds is 8. The predicted octanol–water partition coefficient (Wildman–Crippen LogP) is 1.44.